The molecule has 0 spiro atoms. The van der Waals surface area contributed by atoms with Crippen molar-refractivity contribution < 1.29 is 9.90 Å². The summed E-state index contributed by atoms with van der Waals surface area (Å²) in [5.41, 5.74) is 0. The van der Waals surface area contributed by atoms with Gasteiger partial charge in [-0.05, 0) is 56.5 Å². The van der Waals surface area contributed by atoms with Gasteiger partial charge < -0.3 is 15.7 Å². The van der Waals surface area contributed by atoms with Gasteiger partial charge in [-0.25, -0.2) is 4.79 Å². The summed E-state index contributed by atoms with van der Waals surface area (Å²) in [4.78, 5) is 15.8. The van der Waals surface area contributed by atoms with Crippen LogP contribution < -0.4 is 10.6 Å². The number of thiophene rings is 1. The van der Waals surface area contributed by atoms with E-state index in [0.29, 0.717) is 5.92 Å². The first-order valence-corrected chi connectivity index (χ1v) is 9.45. The van der Waals surface area contributed by atoms with Crippen molar-refractivity contribution in [3.63, 3.8) is 0 Å². The molecule has 0 aliphatic carbocycles. The van der Waals surface area contributed by atoms with Gasteiger partial charge in [-0.2, -0.15) is 0 Å². The molecule has 0 bridgehead atoms. The van der Waals surface area contributed by atoms with E-state index in [-0.39, 0.29) is 18.7 Å². The van der Waals surface area contributed by atoms with Crippen LogP contribution in [0.5, 0.6) is 0 Å². The van der Waals surface area contributed by atoms with E-state index in [0.717, 1.165) is 39.0 Å². The van der Waals surface area contributed by atoms with Crippen LogP contribution in [0.15, 0.2) is 17.5 Å². The zero-order chi connectivity index (χ0) is 16.5. The highest BCUT2D eigenvalue weighted by Gasteiger charge is 2.20. The smallest absolute Gasteiger partial charge is 0.315 e. The van der Waals surface area contributed by atoms with Crippen molar-refractivity contribution in [3.05, 3.63) is 22.4 Å². The number of hydrogen-bond donors (Lipinski definition) is 3. The summed E-state index contributed by atoms with van der Waals surface area (Å²) in [7, 11) is 0. The number of nitrogens with one attached hydrogen (secondary N) is 2. The van der Waals surface area contributed by atoms with E-state index >= 15 is 0 Å². The van der Waals surface area contributed by atoms with E-state index in [9.17, 15) is 4.79 Å². The van der Waals surface area contributed by atoms with Crippen molar-refractivity contribution in [1.29, 1.82) is 0 Å². The lowest BCUT2D eigenvalue weighted by Gasteiger charge is -2.32. The lowest BCUT2D eigenvalue weighted by Crippen LogP contribution is -2.45. The van der Waals surface area contributed by atoms with Gasteiger partial charge in [0.2, 0.25) is 0 Å². The predicted octanol–water partition coefficient (Wildman–Crippen LogP) is 2.42. The second-order valence-electron chi connectivity index (χ2n) is 6.44. The molecular weight excluding hydrogens is 310 g/mol. The van der Waals surface area contributed by atoms with Crippen LogP contribution in [-0.2, 0) is 6.54 Å². The highest BCUT2D eigenvalue weighted by Crippen LogP contribution is 2.19. The Hall–Kier alpha value is -1.11. The van der Waals surface area contributed by atoms with Gasteiger partial charge in [-0.15, -0.1) is 11.3 Å². The largest absolute Gasteiger partial charge is 0.396 e. The Morgan fingerprint density at radius 3 is 3.17 bits per heavy atom. The first-order valence-electron chi connectivity index (χ1n) is 8.57. The SMILES string of the molecule is CC(CCCO)NC(=O)NCC1CCCN(Cc2cccs2)C1. The number of aliphatic hydroxyl groups excluding tert-OH is 1. The molecule has 2 amide bonds. The molecule has 2 heterocycles. The average Bonchev–Trinajstić information content (AvgIpc) is 3.04. The molecule has 1 aliphatic rings. The molecule has 5 nitrogen and oxygen atoms in total. The third-order valence-corrected chi connectivity index (χ3v) is 5.15. The number of piperidine rings is 1. The summed E-state index contributed by atoms with van der Waals surface area (Å²) in [6.45, 7) is 6.11. The molecule has 1 aromatic heterocycles. The van der Waals surface area contributed by atoms with Crippen LogP contribution in [0.3, 0.4) is 0 Å². The number of nitrogens with zero attached hydrogens (tertiary/aromatic N) is 1. The average molecular weight is 340 g/mol. The van der Waals surface area contributed by atoms with Gasteiger partial charge in [-0.1, -0.05) is 6.07 Å². The minimum absolute atomic E-state index is 0.0918. The van der Waals surface area contributed by atoms with Crippen LogP contribution in [0, 0.1) is 5.92 Å². The van der Waals surface area contributed by atoms with Gasteiger partial charge in [0.05, 0.1) is 0 Å². The molecule has 2 unspecified atom stereocenters. The molecule has 1 aliphatic heterocycles. The Morgan fingerprint density at radius 1 is 1.57 bits per heavy atom. The van der Waals surface area contributed by atoms with Gasteiger partial charge in [0, 0.05) is 37.2 Å². The van der Waals surface area contributed by atoms with Crippen LogP contribution in [0.25, 0.3) is 0 Å². The van der Waals surface area contributed by atoms with E-state index in [1.54, 1.807) is 0 Å². The zero-order valence-electron chi connectivity index (χ0n) is 14.0. The number of likely N-dealkylation sites (tertiary alicyclic amines) is 1. The van der Waals surface area contributed by atoms with E-state index < -0.39 is 0 Å². The molecule has 1 aromatic rings. The second-order valence-corrected chi connectivity index (χ2v) is 7.48. The summed E-state index contributed by atoms with van der Waals surface area (Å²) in [6.07, 6.45) is 3.91. The second kappa shape index (κ2) is 9.90. The van der Waals surface area contributed by atoms with Crippen molar-refractivity contribution in [2.75, 3.05) is 26.2 Å². The van der Waals surface area contributed by atoms with Crippen molar-refractivity contribution in [2.24, 2.45) is 5.92 Å². The quantitative estimate of drug-likeness (QED) is 0.681. The lowest BCUT2D eigenvalue weighted by molar-refractivity contribution is 0.166. The number of rotatable bonds is 8. The van der Waals surface area contributed by atoms with Crippen molar-refractivity contribution in [2.45, 2.75) is 45.2 Å². The number of aliphatic hydroxyl groups is 1. The molecule has 0 radical (unpaired) electrons. The summed E-state index contributed by atoms with van der Waals surface area (Å²) >= 11 is 1.81. The lowest BCUT2D eigenvalue weighted by atomic mass is 9.98. The van der Waals surface area contributed by atoms with Crippen LogP contribution in [0.4, 0.5) is 4.79 Å². The molecule has 23 heavy (non-hydrogen) atoms. The van der Waals surface area contributed by atoms with E-state index in [2.05, 4.69) is 33.0 Å². The van der Waals surface area contributed by atoms with Crippen molar-refractivity contribution in [3.8, 4) is 0 Å². The number of urea groups is 1. The Morgan fingerprint density at radius 2 is 2.43 bits per heavy atom. The van der Waals surface area contributed by atoms with Crippen molar-refractivity contribution >= 4 is 17.4 Å². The number of carbonyl (C=O) groups is 1. The molecular formula is C17H29N3O2S. The summed E-state index contributed by atoms with van der Waals surface area (Å²) in [5, 5.41) is 16.9. The van der Waals surface area contributed by atoms with E-state index in [4.69, 9.17) is 5.11 Å². The summed E-state index contributed by atoms with van der Waals surface area (Å²) in [5.74, 6) is 0.530. The van der Waals surface area contributed by atoms with Gasteiger partial charge in [0.15, 0.2) is 0 Å². The molecule has 6 heteroatoms. The monoisotopic (exact) mass is 339 g/mol. The zero-order valence-corrected chi connectivity index (χ0v) is 14.8. The fraction of sp³-hybridized carbons (Fsp3) is 0.706. The molecule has 3 N–H and O–H groups in total. The maximum atomic E-state index is 11.9. The first kappa shape index (κ1) is 18.2. The number of amides is 2. The molecule has 2 rings (SSSR count). The molecule has 130 valence electrons. The topological polar surface area (TPSA) is 64.6 Å². The Bertz CT molecular complexity index is 453. The van der Waals surface area contributed by atoms with Gasteiger partial charge in [0.25, 0.3) is 0 Å². The van der Waals surface area contributed by atoms with Gasteiger partial charge in [0.1, 0.15) is 0 Å². The fourth-order valence-corrected chi connectivity index (χ4v) is 3.81. The van der Waals surface area contributed by atoms with Crippen LogP contribution in [0.1, 0.15) is 37.5 Å². The summed E-state index contributed by atoms with van der Waals surface area (Å²) < 4.78 is 0. The molecule has 0 aromatic carbocycles. The Balaban J connectivity index is 1.65. The molecule has 2 atom stereocenters. The summed E-state index contributed by atoms with van der Waals surface area (Å²) in [6, 6.07) is 4.30. The highest BCUT2D eigenvalue weighted by molar-refractivity contribution is 7.09. The normalized spacial score (nSPS) is 20.2. The maximum Gasteiger partial charge on any atom is 0.315 e. The van der Waals surface area contributed by atoms with Gasteiger partial charge >= 0.3 is 6.03 Å². The maximum absolute atomic E-state index is 11.9. The number of hydrogen-bond acceptors (Lipinski definition) is 4. The minimum Gasteiger partial charge on any atom is -0.396 e. The van der Waals surface area contributed by atoms with Crippen molar-refractivity contribution in [1.82, 2.24) is 15.5 Å². The standard InChI is InChI=1S/C17H29N3O2S/c1-14(5-3-9-21)19-17(22)18-11-15-6-2-8-20(12-15)13-16-7-4-10-23-16/h4,7,10,14-15,21H,2-3,5-6,8-9,11-13H2,1H3,(H2,18,19,22). The Kier molecular flexibility index (Phi) is 7.85. The predicted molar refractivity (Wildman–Crippen MR) is 94.6 cm³/mol. The molecule has 1 saturated heterocycles. The van der Waals surface area contributed by atoms with Crippen LogP contribution in [-0.4, -0.2) is 48.3 Å². The van der Waals surface area contributed by atoms with Crippen LogP contribution in [0.2, 0.25) is 0 Å². The van der Waals surface area contributed by atoms with E-state index in [1.165, 1.54) is 17.7 Å². The van der Waals surface area contributed by atoms with E-state index in [1.807, 2.05) is 18.3 Å². The fourth-order valence-electron chi connectivity index (χ4n) is 3.07. The highest BCUT2D eigenvalue weighted by atomic mass is 32.1. The molecule has 0 saturated carbocycles. The van der Waals surface area contributed by atoms with Crippen LogP contribution >= 0.6 is 11.3 Å². The minimum atomic E-state index is -0.0918. The first-order chi connectivity index (χ1) is 11.2. The molecule has 1 fully saturated rings. The third-order valence-electron chi connectivity index (χ3n) is 4.29. The third kappa shape index (κ3) is 6.89. The van der Waals surface area contributed by atoms with Gasteiger partial charge in [-0.3, -0.25) is 4.90 Å². The Labute approximate surface area is 143 Å². The number of carbonyl (C=O) groups excluding carboxylic acids is 1.